The number of nitrogens with two attached hydrogens (primary N) is 1. The monoisotopic (exact) mass is 280 g/mol. The largest absolute Gasteiger partial charge is 0.382 e. The maximum atomic E-state index is 12.1. The number of nitrogens with zero attached hydrogens (tertiary/aromatic N) is 4. The van der Waals surface area contributed by atoms with Crippen LogP contribution in [0.2, 0.25) is 0 Å². The number of hydrogen-bond acceptors (Lipinski definition) is 6. The summed E-state index contributed by atoms with van der Waals surface area (Å²) in [6.07, 6.45) is 1.75. The third-order valence-corrected chi connectivity index (χ3v) is 3.79. The molecule has 0 radical (unpaired) electrons. The van der Waals surface area contributed by atoms with Gasteiger partial charge in [0, 0.05) is 32.9 Å². The van der Waals surface area contributed by atoms with E-state index >= 15 is 0 Å². The molecule has 2 heterocycles. The molecule has 3 N–H and O–H groups in total. The molecule has 2 aromatic rings. The second kappa shape index (κ2) is 5.27. The number of nitrogen functional groups attached to an aromatic ring is 1. The van der Waals surface area contributed by atoms with Crippen LogP contribution < -0.4 is 16.0 Å². The molecule has 7 nitrogen and oxygen atoms in total. The van der Waals surface area contributed by atoms with Crippen LogP contribution in [-0.4, -0.2) is 34.3 Å². The summed E-state index contributed by atoms with van der Waals surface area (Å²) in [4.78, 5) is 18.6. The first-order valence-corrected chi connectivity index (χ1v) is 6.61. The van der Waals surface area contributed by atoms with E-state index in [1.54, 1.807) is 24.0 Å². The van der Waals surface area contributed by atoms with Gasteiger partial charge in [-0.3, -0.25) is 9.48 Å². The van der Waals surface area contributed by atoms with Crippen molar-refractivity contribution in [3.05, 3.63) is 17.1 Å². The van der Waals surface area contributed by atoms with Gasteiger partial charge in [-0.15, -0.1) is 0 Å². The Morgan fingerprint density at radius 1 is 1.63 bits per heavy atom. The number of hydrogen-bond donors (Lipinski definition) is 2. The van der Waals surface area contributed by atoms with Crippen LogP contribution in [-0.2, 0) is 7.05 Å². The Labute approximate surface area is 115 Å². The van der Waals surface area contributed by atoms with Gasteiger partial charge in [-0.25, -0.2) is 4.98 Å². The lowest BCUT2D eigenvalue weighted by molar-refractivity contribution is 0.103. The Kier molecular flexibility index (Phi) is 3.70. The van der Waals surface area contributed by atoms with Crippen LogP contribution >= 0.6 is 11.3 Å². The predicted molar refractivity (Wildman–Crippen MR) is 76.6 cm³/mol. The molecule has 0 bridgehead atoms. The average Bonchev–Trinajstić information content (AvgIpc) is 2.94. The minimum Gasteiger partial charge on any atom is -0.382 e. The quantitative estimate of drug-likeness (QED) is 0.877. The fraction of sp³-hybridized carbons (Fsp3) is 0.364. The molecule has 0 saturated carbocycles. The van der Waals surface area contributed by atoms with Crippen LogP contribution in [0.3, 0.4) is 0 Å². The van der Waals surface area contributed by atoms with E-state index in [0.29, 0.717) is 10.7 Å². The smallest absolute Gasteiger partial charge is 0.270 e. The van der Waals surface area contributed by atoms with Gasteiger partial charge in [-0.05, 0) is 6.92 Å². The average molecular weight is 280 g/mol. The molecule has 0 unspecified atom stereocenters. The first-order chi connectivity index (χ1) is 9.01. The topological polar surface area (TPSA) is 89.1 Å². The third-order valence-electron chi connectivity index (χ3n) is 2.60. The first kappa shape index (κ1) is 13.3. The Balaban J connectivity index is 2.17. The van der Waals surface area contributed by atoms with Crippen molar-refractivity contribution in [2.45, 2.75) is 6.92 Å². The van der Waals surface area contributed by atoms with E-state index in [0.717, 1.165) is 11.7 Å². The van der Waals surface area contributed by atoms with Gasteiger partial charge in [-0.2, -0.15) is 5.10 Å². The van der Waals surface area contributed by atoms with Crippen molar-refractivity contribution in [3.8, 4) is 0 Å². The lowest BCUT2D eigenvalue weighted by Gasteiger charge is -2.10. The third kappa shape index (κ3) is 2.84. The van der Waals surface area contributed by atoms with Gasteiger partial charge >= 0.3 is 0 Å². The first-order valence-electron chi connectivity index (χ1n) is 5.79. The van der Waals surface area contributed by atoms with Crippen LogP contribution in [0.4, 0.5) is 16.8 Å². The van der Waals surface area contributed by atoms with Gasteiger partial charge in [0.15, 0.2) is 10.9 Å². The summed E-state index contributed by atoms with van der Waals surface area (Å²) in [7, 11) is 3.68. The molecule has 0 aliphatic rings. The van der Waals surface area contributed by atoms with Crippen LogP contribution in [0, 0.1) is 0 Å². The van der Waals surface area contributed by atoms with Crippen LogP contribution in [0.15, 0.2) is 12.3 Å². The minimum atomic E-state index is -0.288. The van der Waals surface area contributed by atoms with E-state index in [1.165, 1.54) is 11.3 Å². The fourth-order valence-corrected chi connectivity index (χ4v) is 2.34. The highest BCUT2D eigenvalue weighted by Gasteiger charge is 2.18. The standard InChI is InChI=1S/C11H16N6OS/c1-4-16(2)11-14-9(12)8(19-11)10(18)13-7-5-6-17(3)15-7/h5-6H,4,12H2,1-3H3,(H,13,15,18). The summed E-state index contributed by atoms with van der Waals surface area (Å²) in [5.41, 5.74) is 5.78. The van der Waals surface area contributed by atoms with E-state index in [1.807, 2.05) is 18.9 Å². The number of rotatable bonds is 4. The van der Waals surface area contributed by atoms with E-state index in [-0.39, 0.29) is 11.7 Å². The Bertz CT molecular complexity index is 590. The lowest BCUT2D eigenvalue weighted by Crippen LogP contribution is -2.15. The van der Waals surface area contributed by atoms with Gasteiger partial charge in [0.25, 0.3) is 5.91 Å². The maximum absolute atomic E-state index is 12.1. The van der Waals surface area contributed by atoms with Crippen molar-refractivity contribution in [3.63, 3.8) is 0 Å². The molecule has 0 aromatic carbocycles. The number of carbonyl (C=O) groups excluding carboxylic acids is 1. The number of anilines is 3. The molecule has 0 saturated heterocycles. The predicted octanol–water partition coefficient (Wildman–Crippen LogP) is 1.17. The molecule has 8 heteroatoms. The summed E-state index contributed by atoms with van der Waals surface area (Å²) in [6, 6.07) is 1.72. The minimum absolute atomic E-state index is 0.244. The Morgan fingerprint density at radius 3 is 2.95 bits per heavy atom. The number of carbonyl (C=O) groups is 1. The molecular weight excluding hydrogens is 264 g/mol. The van der Waals surface area contributed by atoms with Crippen molar-refractivity contribution in [2.24, 2.45) is 7.05 Å². The number of amides is 1. The van der Waals surface area contributed by atoms with E-state index in [2.05, 4.69) is 15.4 Å². The summed E-state index contributed by atoms with van der Waals surface area (Å²) < 4.78 is 1.61. The van der Waals surface area contributed by atoms with E-state index < -0.39 is 0 Å². The highest BCUT2D eigenvalue weighted by atomic mass is 32.1. The van der Waals surface area contributed by atoms with Crippen molar-refractivity contribution in [1.29, 1.82) is 0 Å². The molecule has 2 rings (SSSR count). The van der Waals surface area contributed by atoms with Gasteiger partial charge in [-0.1, -0.05) is 11.3 Å². The van der Waals surface area contributed by atoms with Crippen LogP contribution in [0.5, 0.6) is 0 Å². The van der Waals surface area contributed by atoms with Gasteiger partial charge in [0.1, 0.15) is 10.7 Å². The van der Waals surface area contributed by atoms with E-state index in [4.69, 9.17) is 5.73 Å². The molecule has 0 spiro atoms. The summed E-state index contributed by atoms with van der Waals surface area (Å²) >= 11 is 1.27. The number of aryl methyl sites for hydroxylation is 1. The summed E-state index contributed by atoms with van der Waals surface area (Å²) in [5, 5.41) is 7.50. The molecule has 19 heavy (non-hydrogen) atoms. The summed E-state index contributed by atoms with van der Waals surface area (Å²) in [5.74, 6) is 0.448. The summed E-state index contributed by atoms with van der Waals surface area (Å²) in [6.45, 7) is 2.81. The second-order valence-electron chi connectivity index (χ2n) is 4.05. The molecular formula is C11H16N6OS. The van der Waals surface area contributed by atoms with Crippen molar-refractivity contribution < 1.29 is 4.79 Å². The fourth-order valence-electron chi connectivity index (χ4n) is 1.44. The second-order valence-corrected chi connectivity index (χ2v) is 5.03. The van der Waals surface area contributed by atoms with Gasteiger partial charge in [0.2, 0.25) is 0 Å². The molecule has 1 amide bonds. The zero-order valence-corrected chi connectivity index (χ0v) is 11.9. The zero-order chi connectivity index (χ0) is 14.0. The molecule has 0 aliphatic heterocycles. The SMILES string of the molecule is CCN(C)c1nc(N)c(C(=O)Nc2ccn(C)n2)s1. The number of thiazole rings is 1. The van der Waals surface area contributed by atoms with E-state index in [9.17, 15) is 4.79 Å². The van der Waals surface area contributed by atoms with Gasteiger partial charge in [0.05, 0.1) is 0 Å². The lowest BCUT2D eigenvalue weighted by atomic mass is 10.4. The number of aromatic nitrogens is 3. The van der Waals surface area contributed by atoms with Crippen molar-refractivity contribution in [2.75, 3.05) is 29.5 Å². The van der Waals surface area contributed by atoms with Crippen molar-refractivity contribution in [1.82, 2.24) is 14.8 Å². The maximum Gasteiger partial charge on any atom is 0.270 e. The highest BCUT2D eigenvalue weighted by molar-refractivity contribution is 7.18. The molecule has 0 fully saturated rings. The number of nitrogens with one attached hydrogen (secondary N) is 1. The zero-order valence-electron chi connectivity index (χ0n) is 11.0. The molecule has 102 valence electrons. The molecule has 0 atom stereocenters. The van der Waals surface area contributed by atoms with Crippen LogP contribution in [0.25, 0.3) is 0 Å². The Morgan fingerprint density at radius 2 is 2.37 bits per heavy atom. The molecule has 0 aliphatic carbocycles. The van der Waals surface area contributed by atoms with Crippen LogP contribution in [0.1, 0.15) is 16.6 Å². The normalized spacial score (nSPS) is 10.5. The highest BCUT2D eigenvalue weighted by Crippen LogP contribution is 2.27. The molecule has 2 aromatic heterocycles. The Hall–Kier alpha value is -2.09. The van der Waals surface area contributed by atoms with Gasteiger partial charge < -0.3 is 16.0 Å². The van der Waals surface area contributed by atoms with Crippen molar-refractivity contribution >= 4 is 34.0 Å².